The summed E-state index contributed by atoms with van der Waals surface area (Å²) in [4.78, 5) is 9.88. The van der Waals surface area contributed by atoms with E-state index in [0.717, 1.165) is 22.6 Å². The summed E-state index contributed by atoms with van der Waals surface area (Å²) in [7, 11) is 0. The van der Waals surface area contributed by atoms with Gasteiger partial charge in [0.05, 0.1) is 12.5 Å². The number of fused-ring (bicyclic) bond motifs is 1. The summed E-state index contributed by atoms with van der Waals surface area (Å²) < 4.78 is 16.9. The van der Waals surface area contributed by atoms with Crippen LogP contribution >= 0.6 is 0 Å². The maximum absolute atomic E-state index is 5.81. The first-order chi connectivity index (χ1) is 13.8. The third kappa shape index (κ3) is 3.41. The second kappa shape index (κ2) is 7.09. The van der Waals surface area contributed by atoms with Crippen LogP contribution in [0.2, 0.25) is 0 Å². The van der Waals surface area contributed by atoms with E-state index in [0.29, 0.717) is 17.2 Å². The van der Waals surface area contributed by atoms with Crippen LogP contribution in [0.25, 0.3) is 11.1 Å². The van der Waals surface area contributed by atoms with Crippen LogP contribution in [0.15, 0.2) is 95.6 Å². The molecule has 0 fully saturated rings. The summed E-state index contributed by atoms with van der Waals surface area (Å²) in [6, 6.07) is 21.0. The first kappa shape index (κ1) is 16.4. The molecule has 0 aliphatic carbocycles. The second-order valence-corrected chi connectivity index (χ2v) is 6.23. The van der Waals surface area contributed by atoms with Crippen molar-refractivity contribution in [1.82, 2.24) is 10.5 Å². The van der Waals surface area contributed by atoms with Gasteiger partial charge in [-0.05, 0) is 29.8 Å². The van der Waals surface area contributed by atoms with Crippen molar-refractivity contribution < 1.29 is 18.7 Å². The van der Waals surface area contributed by atoms with Gasteiger partial charge in [-0.1, -0.05) is 30.3 Å². The molecule has 0 amide bonds. The predicted octanol–water partition coefficient (Wildman–Crippen LogP) is 5.12. The Balaban J connectivity index is 1.27. The molecule has 1 unspecified atom stereocenters. The number of para-hydroxylation sites is 1. The first-order valence-corrected chi connectivity index (χ1v) is 8.81. The summed E-state index contributed by atoms with van der Waals surface area (Å²) in [5.41, 5.74) is 5.23. The molecule has 0 bridgehead atoms. The number of benzene rings is 2. The average molecular weight is 372 g/mol. The van der Waals surface area contributed by atoms with Gasteiger partial charge in [0.2, 0.25) is 5.88 Å². The minimum atomic E-state index is -0.263. The van der Waals surface area contributed by atoms with E-state index in [2.05, 4.69) is 10.5 Å². The van der Waals surface area contributed by atoms with Gasteiger partial charge in [-0.2, -0.15) is 0 Å². The number of furan rings is 1. The number of rotatable bonds is 5. The zero-order valence-corrected chi connectivity index (χ0v) is 14.7. The molecular weight excluding hydrogens is 356 g/mol. The van der Waals surface area contributed by atoms with E-state index >= 15 is 0 Å². The summed E-state index contributed by atoms with van der Waals surface area (Å²) in [6.07, 6.45) is 4.84. The van der Waals surface area contributed by atoms with E-state index in [9.17, 15) is 0 Å². The standard InChI is InChI=1S/C22H16N2O4/c1-2-4-16(5-3-1)26-17-8-6-15(7-9-17)20-13-22(24-28-20)27-18-12-21-19(23-14-18)10-11-25-21/h1-14,20,24H. The Labute approximate surface area is 160 Å². The highest BCUT2D eigenvalue weighted by atomic mass is 16.7. The predicted molar refractivity (Wildman–Crippen MR) is 103 cm³/mol. The summed E-state index contributed by atoms with van der Waals surface area (Å²) in [5, 5.41) is 0. The van der Waals surface area contributed by atoms with Crippen molar-refractivity contribution in [3.05, 3.63) is 96.7 Å². The van der Waals surface area contributed by atoms with E-state index in [1.807, 2.05) is 60.7 Å². The van der Waals surface area contributed by atoms with E-state index < -0.39 is 0 Å². The van der Waals surface area contributed by atoms with Crippen molar-refractivity contribution in [2.75, 3.05) is 0 Å². The van der Waals surface area contributed by atoms with Gasteiger partial charge in [0.15, 0.2) is 11.3 Å². The molecule has 28 heavy (non-hydrogen) atoms. The molecule has 1 aliphatic heterocycles. The van der Waals surface area contributed by atoms with Crippen molar-refractivity contribution in [3.63, 3.8) is 0 Å². The molecule has 0 saturated carbocycles. The first-order valence-electron chi connectivity index (χ1n) is 8.81. The number of aromatic nitrogens is 1. The minimum absolute atomic E-state index is 0.263. The Morgan fingerprint density at radius 3 is 2.54 bits per heavy atom. The molecule has 2 aromatic heterocycles. The average Bonchev–Trinajstić information content (AvgIpc) is 3.39. The van der Waals surface area contributed by atoms with E-state index in [1.165, 1.54) is 0 Å². The van der Waals surface area contributed by atoms with Crippen molar-refractivity contribution in [2.45, 2.75) is 6.10 Å². The Morgan fingerprint density at radius 2 is 1.68 bits per heavy atom. The largest absolute Gasteiger partial charge is 0.463 e. The maximum Gasteiger partial charge on any atom is 0.216 e. The fourth-order valence-corrected chi connectivity index (χ4v) is 2.91. The van der Waals surface area contributed by atoms with Gasteiger partial charge in [-0.15, -0.1) is 0 Å². The zero-order valence-electron chi connectivity index (χ0n) is 14.7. The SMILES string of the molecule is C1=C(Oc2cnc3ccoc3c2)NOC1c1ccc(Oc2ccccc2)cc1. The molecule has 0 saturated heterocycles. The molecule has 6 heteroatoms. The third-order valence-electron chi connectivity index (χ3n) is 4.28. The zero-order chi connectivity index (χ0) is 18.8. The fourth-order valence-electron chi connectivity index (χ4n) is 2.91. The van der Waals surface area contributed by atoms with Crippen LogP contribution < -0.4 is 15.0 Å². The molecular formula is C22H16N2O4. The molecule has 0 radical (unpaired) electrons. The summed E-state index contributed by atoms with van der Waals surface area (Å²) >= 11 is 0. The van der Waals surface area contributed by atoms with Crippen LogP contribution in [0.3, 0.4) is 0 Å². The Bertz CT molecular complexity index is 1120. The van der Waals surface area contributed by atoms with Crippen molar-refractivity contribution >= 4 is 11.1 Å². The second-order valence-electron chi connectivity index (χ2n) is 6.23. The Kier molecular flexibility index (Phi) is 4.16. The van der Waals surface area contributed by atoms with Crippen LogP contribution in [0.1, 0.15) is 11.7 Å². The molecule has 1 N–H and O–H groups in total. The van der Waals surface area contributed by atoms with Crippen LogP contribution in [0.5, 0.6) is 17.2 Å². The normalized spacial score (nSPS) is 15.9. The van der Waals surface area contributed by atoms with Crippen LogP contribution in [0.4, 0.5) is 0 Å². The summed E-state index contributed by atoms with van der Waals surface area (Å²) in [6.45, 7) is 0. The van der Waals surface area contributed by atoms with Gasteiger partial charge < -0.3 is 13.9 Å². The number of nitrogens with zero attached hydrogens (tertiary/aromatic N) is 1. The maximum atomic E-state index is 5.81. The molecule has 138 valence electrons. The smallest absolute Gasteiger partial charge is 0.216 e. The van der Waals surface area contributed by atoms with E-state index in [4.69, 9.17) is 18.7 Å². The lowest BCUT2D eigenvalue weighted by Gasteiger charge is -2.09. The molecule has 2 aromatic carbocycles. The molecule has 1 atom stereocenters. The topological polar surface area (TPSA) is 65.8 Å². The molecule has 3 heterocycles. The van der Waals surface area contributed by atoms with Crippen LogP contribution in [-0.2, 0) is 4.84 Å². The number of hydrogen-bond donors (Lipinski definition) is 1. The van der Waals surface area contributed by atoms with Gasteiger partial charge in [0.25, 0.3) is 0 Å². The van der Waals surface area contributed by atoms with Crippen molar-refractivity contribution in [1.29, 1.82) is 0 Å². The lowest BCUT2D eigenvalue weighted by molar-refractivity contribution is 0.0273. The van der Waals surface area contributed by atoms with E-state index in [1.54, 1.807) is 24.6 Å². The van der Waals surface area contributed by atoms with E-state index in [-0.39, 0.29) is 6.10 Å². The lowest BCUT2D eigenvalue weighted by Crippen LogP contribution is -2.12. The number of pyridine rings is 1. The molecule has 6 nitrogen and oxygen atoms in total. The fraction of sp³-hybridized carbons (Fsp3) is 0.0455. The monoisotopic (exact) mass is 372 g/mol. The van der Waals surface area contributed by atoms with Crippen LogP contribution in [-0.4, -0.2) is 4.98 Å². The van der Waals surface area contributed by atoms with Crippen molar-refractivity contribution in [2.24, 2.45) is 0 Å². The van der Waals surface area contributed by atoms with Gasteiger partial charge in [0, 0.05) is 18.2 Å². The molecule has 4 aromatic rings. The highest BCUT2D eigenvalue weighted by molar-refractivity contribution is 5.73. The van der Waals surface area contributed by atoms with Crippen molar-refractivity contribution in [3.8, 4) is 17.2 Å². The number of nitrogens with one attached hydrogen (secondary N) is 1. The highest BCUT2D eigenvalue weighted by Gasteiger charge is 2.20. The Morgan fingerprint density at radius 1 is 0.857 bits per heavy atom. The quantitative estimate of drug-likeness (QED) is 0.525. The van der Waals surface area contributed by atoms with Gasteiger partial charge >= 0.3 is 0 Å². The molecule has 1 aliphatic rings. The minimum Gasteiger partial charge on any atom is -0.463 e. The highest BCUT2D eigenvalue weighted by Crippen LogP contribution is 2.29. The van der Waals surface area contributed by atoms with Gasteiger partial charge in [0.1, 0.15) is 23.1 Å². The van der Waals surface area contributed by atoms with Gasteiger partial charge in [-0.25, -0.2) is 10.5 Å². The molecule has 0 spiro atoms. The van der Waals surface area contributed by atoms with Gasteiger partial charge in [-0.3, -0.25) is 4.84 Å². The van der Waals surface area contributed by atoms with Crippen LogP contribution in [0, 0.1) is 0 Å². The number of hydroxylamine groups is 1. The number of hydrogen-bond acceptors (Lipinski definition) is 6. The Hall–Kier alpha value is -3.77. The lowest BCUT2D eigenvalue weighted by atomic mass is 10.1. The third-order valence-corrected chi connectivity index (χ3v) is 4.28. The summed E-state index contributed by atoms with van der Waals surface area (Å²) in [5.74, 6) is 2.63. The molecule has 5 rings (SSSR count). The number of ether oxygens (including phenoxy) is 2.